The highest BCUT2D eigenvalue weighted by molar-refractivity contribution is 8.00. The molecule has 7 nitrogen and oxygen atoms in total. The van der Waals surface area contributed by atoms with Crippen molar-refractivity contribution in [3.05, 3.63) is 48.5 Å². The van der Waals surface area contributed by atoms with Crippen LogP contribution in [0.5, 0.6) is 5.75 Å². The van der Waals surface area contributed by atoms with E-state index in [1.54, 1.807) is 7.11 Å². The first-order valence-corrected chi connectivity index (χ1v) is 10.2. The molecule has 0 aliphatic carbocycles. The molecule has 0 atom stereocenters. The third kappa shape index (κ3) is 5.69. The van der Waals surface area contributed by atoms with Crippen molar-refractivity contribution in [2.24, 2.45) is 5.92 Å². The molecule has 2 amide bonds. The highest BCUT2D eigenvalue weighted by atomic mass is 32.2. The van der Waals surface area contributed by atoms with Crippen LogP contribution in [0.2, 0.25) is 0 Å². The molecule has 8 heteroatoms. The van der Waals surface area contributed by atoms with Crippen LogP contribution in [0.1, 0.15) is 23.3 Å². The molecule has 2 heterocycles. The maximum absolute atomic E-state index is 12.5. The average Bonchev–Trinajstić information content (AvgIpc) is 2.77. The fourth-order valence-corrected chi connectivity index (χ4v) is 3.90. The second kappa shape index (κ2) is 10.1. The van der Waals surface area contributed by atoms with E-state index in [-0.39, 0.29) is 11.8 Å². The van der Waals surface area contributed by atoms with Crippen molar-refractivity contribution < 1.29 is 14.3 Å². The number of aromatic nitrogens is 2. The van der Waals surface area contributed by atoms with Gasteiger partial charge >= 0.3 is 0 Å². The molecule has 1 aliphatic heterocycles. The molecule has 0 bridgehead atoms. The summed E-state index contributed by atoms with van der Waals surface area (Å²) in [4.78, 5) is 35.3. The third-order valence-electron chi connectivity index (χ3n) is 4.72. The van der Waals surface area contributed by atoms with Gasteiger partial charge in [0.15, 0.2) is 0 Å². The lowest BCUT2D eigenvalue weighted by molar-refractivity contribution is -0.129. The quantitative estimate of drug-likeness (QED) is 0.718. The van der Waals surface area contributed by atoms with E-state index in [0.717, 1.165) is 36.6 Å². The number of nitrogens with one attached hydrogen (secondary N) is 1. The summed E-state index contributed by atoms with van der Waals surface area (Å²) in [6.45, 7) is 2.04. The Labute approximate surface area is 168 Å². The zero-order chi connectivity index (χ0) is 19.8. The third-order valence-corrected chi connectivity index (χ3v) is 5.70. The van der Waals surface area contributed by atoms with Gasteiger partial charge in [-0.2, -0.15) is 0 Å². The number of piperidine rings is 1. The molecule has 1 N–H and O–H groups in total. The monoisotopic (exact) mass is 400 g/mol. The van der Waals surface area contributed by atoms with Crippen LogP contribution in [-0.4, -0.2) is 59.2 Å². The van der Waals surface area contributed by atoms with Crippen LogP contribution in [0.4, 0.5) is 0 Å². The van der Waals surface area contributed by atoms with Gasteiger partial charge in [-0.05, 0) is 37.0 Å². The van der Waals surface area contributed by atoms with E-state index in [1.165, 1.54) is 30.4 Å². The summed E-state index contributed by atoms with van der Waals surface area (Å²) >= 11 is 1.52. The van der Waals surface area contributed by atoms with Gasteiger partial charge in [0, 0.05) is 36.9 Å². The Bertz CT molecular complexity index is 795. The van der Waals surface area contributed by atoms with Crippen LogP contribution in [0.15, 0.2) is 47.8 Å². The summed E-state index contributed by atoms with van der Waals surface area (Å²) < 4.78 is 5.21. The predicted molar refractivity (Wildman–Crippen MR) is 107 cm³/mol. The number of carbonyl (C=O) groups excluding carboxylic acids is 2. The molecular weight excluding hydrogens is 376 g/mol. The molecule has 1 fully saturated rings. The highest BCUT2D eigenvalue weighted by Crippen LogP contribution is 2.24. The smallest absolute Gasteiger partial charge is 0.271 e. The number of thioether (sulfide) groups is 1. The van der Waals surface area contributed by atoms with E-state index in [1.807, 2.05) is 29.2 Å². The summed E-state index contributed by atoms with van der Waals surface area (Å²) in [6, 6.07) is 7.72. The number of ether oxygens (including phenoxy) is 1. The number of amides is 2. The van der Waals surface area contributed by atoms with Gasteiger partial charge in [-0.1, -0.05) is 6.07 Å². The number of rotatable bonds is 7. The van der Waals surface area contributed by atoms with Crippen LogP contribution in [0, 0.1) is 5.92 Å². The molecule has 2 aromatic rings. The predicted octanol–water partition coefficient (Wildman–Crippen LogP) is 2.25. The Morgan fingerprint density at radius 1 is 1.29 bits per heavy atom. The summed E-state index contributed by atoms with van der Waals surface area (Å²) in [5.74, 6) is 1.52. The number of nitrogens with zero attached hydrogens (tertiary/aromatic N) is 3. The highest BCUT2D eigenvalue weighted by Gasteiger charge is 2.23. The Hall–Kier alpha value is -2.61. The molecule has 0 radical (unpaired) electrons. The topological polar surface area (TPSA) is 84.4 Å². The first kappa shape index (κ1) is 20.1. The van der Waals surface area contributed by atoms with E-state index in [9.17, 15) is 9.59 Å². The number of likely N-dealkylation sites (tertiary alicyclic amines) is 1. The van der Waals surface area contributed by atoms with E-state index < -0.39 is 0 Å². The summed E-state index contributed by atoms with van der Waals surface area (Å²) in [5, 5.41) is 2.91. The van der Waals surface area contributed by atoms with Gasteiger partial charge in [0.1, 0.15) is 11.4 Å². The van der Waals surface area contributed by atoms with Gasteiger partial charge in [-0.3, -0.25) is 14.6 Å². The zero-order valence-corrected chi connectivity index (χ0v) is 16.7. The minimum Gasteiger partial charge on any atom is -0.497 e. The van der Waals surface area contributed by atoms with Crippen LogP contribution in [-0.2, 0) is 4.79 Å². The fourth-order valence-electron chi connectivity index (χ4n) is 3.06. The van der Waals surface area contributed by atoms with Crippen molar-refractivity contribution in [2.75, 3.05) is 32.5 Å². The molecule has 1 aromatic carbocycles. The second-order valence-corrected chi connectivity index (χ2v) is 7.64. The summed E-state index contributed by atoms with van der Waals surface area (Å²) in [7, 11) is 1.63. The van der Waals surface area contributed by atoms with E-state index in [2.05, 4.69) is 15.3 Å². The van der Waals surface area contributed by atoms with Crippen molar-refractivity contribution in [3.63, 3.8) is 0 Å². The minimum atomic E-state index is -0.207. The molecule has 0 saturated carbocycles. The number of carbonyl (C=O) groups is 2. The SMILES string of the molecule is COc1cccc(SCC(=O)N2CCC(CNC(=O)c3cnccn3)CC2)c1. The van der Waals surface area contributed by atoms with Gasteiger partial charge < -0.3 is 15.0 Å². The lowest BCUT2D eigenvalue weighted by Gasteiger charge is -2.32. The number of methoxy groups -OCH3 is 1. The van der Waals surface area contributed by atoms with E-state index in [0.29, 0.717) is 23.9 Å². The van der Waals surface area contributed by atoms with Crippen LogP contribution in [0.3, 0.4) is 0 Å². The molecule has 0 unspecified atom stereocenters. The van der Waals surface area contributed by atoms with Gasteiger partial charge in [0.2, 0.25) is 5.91 Å². The second-order valence-electron chi connectivity index (χ2n) is 6.59. The summed E-state index contributed by atoms with van der Waals surface area (Å²) in [5.41, 5.74) is 0.324. The Morgan fingerprint density at radius 3 is 2.82 bits per heavy atom. The van der Waals surface area contributed by atoms with E-state index >= 15 is 0 Å². The Balaban J connectivity index is 1.38. The van der Waals surface area contributed by atoms with Gasteiger partial charge in [-0.25, -0.2) is 4.98 Å². The zero-order valence-electron chi connectivity index (χ0n) is 15.8. The fraction of sp³-hybridized carbons (Fsp3) is 0.400. The van der Waals surface area contributed by atoms with Crippen molar-refractivity contribution in [2.45, 2.75) is 17.7 Å². The minimum absolute atomic E-state index is 0.148. The molecule has 28 heavy (non-hydrogen) atoms. The molecule has 148 valence electrons. The maximum atomic E-state index is 12.5. The van der Waals surface area contributed by atoms with Crippen molar-refractivity contribution in [1.82, 2.24) is 20.2 Å². The molecule has 1 aliphatic rings. The lowest BCUT2D eigenvalue weighted by atomic mass is 9.97. The molecule has 1 saturated heterocycles. The molecule has 3 rings (SSSR count). The van der Waals surface area contributed by atoms with Crippen molar-refractivity contribution in [1.29, 1.82) is 0 Å². The lowest BCUT2D eigenvalue weighted by Crippen LogP contribution is -2.42. The first-order chi connectivity index (χ1) is 13.7. The Morgan fingerprint density at radius 2 is 2.11 bits per heavy atom. The molecule has 0 spiro atoms. The van der Waals surface area contributed by atoms with Crippen molar-refractivity contribution in [3.8, 4) is 5.75 Å². The molecular formula is C20H24N4O3S. The largest absolute Gasteiger partial charge is 0.497 e. The van der Waals surface area contributed by atoms with Crippen LogP contribution in [0.25, 0.3) is 0 Å². The average molecular weight is 401 g/mol. The van der Waals surface area contributed by atoms with Gasteiger partial charge in [0.25, 0.3) is 5.91 Å². The van der Waals surface area contributed by atoms with Crippen LogP contribution < -0.4 is 10.1 Å². The Kier molecular flexibility index (Phi) is 7.25. The molecule has 1 aromatic heterocycles. The van der Waals surface area contributed by atoms with Gasteiger partial charge in [0.05, 0.1) is 19.1 Å². The first-order valence-electron chi connectivity index (χ1n) is 9.24. The number of hydrogen-bond donors (Lipinski definition) is 1. The number of hydrogen-bond acceptors (Lipinski definition) is 6. The van der Waals surface area contributed by atoms with Crippen molar-refractivity contribution >= 4 is 23.6 Å². The number of benzene rings is 1. The van der Waals surface area contributed by atoms with Crippen LogP contribution >= 0.6 is 11.8 Å². The van der Waals surface area contributed by atoms with E-state index in [4.69, 9.17) is 4.74 Å². The maximum Gasteiger partial charge on any atom is 0.271 e. The summed E-state index contributed by atoms with van der Waals surface area (Å²) in [6.07, 6.45) is 6.27. The van der Waals surface area contributed by atoms with Gasteiger partial charge in [-0.15, -0.1) is 11.8 Å². The normalized spacial score (nSPS) is 14.5. The standard InChI is InChI=1S/C20H24N4O3S/c1-27-16-3-2-4-17(11-16)28-14-19(25)24-9-5-15(6-10-24)12-23-20(26)18-13-21-7-8-22-18/h2-4,7-8,11,13,15H,5-6,9-10,12,14H2,1H3,(H,23,26).